The van der Waals surface area contributed by atoms with Crippen LogP contribution < -0.4 is 0 Å². The van der Waals surface area contributed by atoms with E-state index in [0.29, 0.717) is 11.0 Å². The van der Waals surface area contributed by atoms with Crippen molar-refractivity contribution < 1.29 is 4.79 Å². The normalized spacial score (nSPS) is 18.4. The number of benzene rings is 1. The van der Waals surface area contributed by atoms with Gasteiger partial charge < -0.3 is 4.90 Å². The number of piperidine rings is 1. The summed E-state index contributed by atoms with van der Waals surface area (Å²) in [5.74, 6) is 0.112. The van der Waals surface area contributed by atoms with Gasteiger partial charge in [-0.15, -0.1) is 12.6 Å². The van der Waals surface area contributed by atoms with Crippen molar-refractivity contribution in [2.45, 2.75) is 38.0 Å². The Morgan fingerprint density at radius 3 is 2.63 bits per heavy atom. The summed E-state index contributed by atoms with van der Waals surface area (Å²) in [5, 5.41) is 0. The van der Waals surface area contributed by atoms with Gasteiger partial charge in [0.05, 0.1) is 5.56 Å². The molecule has 1 aliphatic rings. The number of amides is 1. The highest BCUT2D eigenvalue weighted by molar-refractivity contribution is 9.10. The second-order valence-corrected chi connectivity index (χ2v) is 6.99. The third-order valence-corrected chi connectivity index (χ3v) is 5.26. The summed E-state index contributed by atoms with van der Waals surface area (Å²) in [4.78, 5) is 15.3. The van der Waals surface area contributed by atoms with Gasteiger partial charge in [-0.1, -0.05) is 20.3 Å². The summed E-state index contributed by atoms with van der Waals surface area (Å²) in [6.07, 6.45) is 3.37. The van der Waals surface area contributed by atoms with Gasteiger partial charge >= 0.3 is 0 Å². The lowest BCUT2D eigenvalue weighted by molar-refractivity contribution is 0.0599. The molecule has 0 unspecified atom stereocenters. The third-order valence-electron chi connectivity index (χ3n) is 4.29. The standard InChI is InChI=1S/C15H20BrNOS/c1-3-15(2)6-8-17(9-7-15)14(18)12-10-11(19)4-5-13(12)16/h4-5,10,19H,3,6-9H2,1-2H3. The number of hydrogen-bond donors (Lipinski definition) is 1. The summed E-state index contributed by atoms with van der Waals surface area (Å²) in [5.41, 5.74) is 1.12. The lowest BCUT2D eigenvalue weighted by atomic mass is 9.78. The molecule has 2 rings (SSSR count). The molecular weight excluding hydrogens is 322 g/mol. The minimum atomic E-state index is 0.112. The fourth-order valence-corrected chi connectivity index (χ4v) is 3.07. The highest BCUT2D eigenvalue weighted by Gasteiger charge is 2.31. The minimum absolute atomic E-state index is 0.112. The lowest BCUT2D eigenvalue weighted by Crippen LogP contribution is -2.42. The van der Waals surface area contributed by atoms with E-state index >= 15 is 0 Å². The zero-order valence-corrected chi connectivity index (χ0v) is 13.9. The van der Waals surface area contributed by atoms with E-state index in [1.807, 2.05) is 23.1 Å². The van der Waals surface area contributed by atoms with Crippen LogP contribution in [-0.4, -0.2) is 23.9 Å². The summed E-state index contributed by atoms with van der Waals surface area (Å²) < 4.78 is 0.846. The maximum atomic E-state index is 12.5. The van der Waals surface area contributed by atoms with Crippen LogP contribution in [0.25, 0.3) is 0 Å². The van der Waals surface area contributed by atoms with Gasteiger partial charge in [0.15, 0.2) is 0 Å². The van der Waals surface area contributed by atoms with Gasteiger partial charge in [-0.05, 0) is 52.4 Å². The van der Waals surface area contributed by atoms with Crippen molar-refractivity contribution in [2.75, 3.05) is 13.1 Å². The van der Waals surface area contributed by atoms with Gasteiger partial charge in [0.25, 0.3) is 5.91 Å². The molecule has 0 aromatic heterocycles. The topological polar surface area (TPSA) is 20.3 Å². The second kappa shape index (κ2) is 5.88. The summed E-state index contributed by atoms with van der Waals surface area (Å²) in [7, 11) is 0. The van der Waals surface area contributed by atoms with Crippen molar-refractivity contribution in [3.8, 4) is 0 Å². The molecule has 2 nitrogen and oxygen atoms in total. The Hall–Kier alpha value is -0.480. The summed E-state index contributed by atoms with van der Waals surface area (Å²) >= 11 is 7.76. The van der Waals surface area contributed by atoms with Crippen LogP contribution in [-0.2, 0) is 0 Å². The van der Waals surface area contributed by atoms with E-state index in [1.54, 1.807) is 0 Å². The van der Waals surface area contributed by atoms with E-state index in [1.165, 1.54) is 6.42 Å². The Morgan fingerprint density at radius 2 is 2.05 bits per heavy atom. The van der Waals surface area contributed by atoms with Crippen LogP contribution in [0.1, 0.15) is 43.5 Å². The average Bonchev–Trinajstić information content (AvgIpc) is 2.42. The molecule has 0 spiro atoms. The van der Waals surface area contributed by atoms with Crippen LogP contribution in [0.4, 0.5) is 0 Å². The van der Waals surface area contributed by atoms with Gasteiger partial charge in [-0.3, -0.25) is 4.79 Å². The smallest absolute Gasteiger partial charge is 0.255 e. The first-order valence-electron chi connectivity index (χ1n) is 6.73. The van der Waals surface area contributed by atoms with Crippen LogP contribution in [0.5, 0.6) is 0 Å². The van der Waals surface area contributed by atoms with E-state index in [-0.39, 0.29) is 5.91 Å². The predicted octanol–water partition coefficient (Wildman–Crippen LogP) is 4.39. The predicted molar refractivity (Wildman–Crippen MR) is 84.9 cm³/mol. The number of rotatable bonds is 2. The zero-order valence-electron chi connectivity index (χ0n) is 11.4. The van der Waals surface area contributed by atoms with Crippen molar-refractivity contribution in [1.29, 1.82) is 0 Å². The van der Waals surface area contributed by atoms with Crippen molar-refractivity contribution in [3.63, 3.8) is 0 Å². The van der Waals surface area contributed by atoms with Gasteiger partial charge in [0.2, 0.25) is 0 Å². The van der Waals surface area contributed by atoms with Crippen molar-refractivity contribution in [2.24, 2.45) is 5.41 Å². The molecule has 1 aromatic carbocycles. The number of carbonyl (C=O) groups is 1. The first-order chi connectivity index (χ1) is 8.95. The molecule has 1 aliphatic heterocycles. The lowest BCUT2D eigenvalue weighted by Gasteiger charge is -2.39. The molecular formula is C15H20BrNOS. The van der Waals surface area contributed by atoms with Crippen LogP contribution in [0.2, 0.25) is 0 Å². The van der Waals surface area contributed by atoms with Gasteiger partial charge in [0.1, 0.15) is 0 Å². The second-order valence-electron chi connectivity index (χ2n) is 5.62. The highest BCUT2D eigenvalue weighted by Crippen LogP contribution is 2.34. The maximum Gasteiger partial charge on any atom is 0.255 e. The molecule has 0 bridgehead atoms. The number of hydrogen-bond acceptors (Lipinski definition) is 2. The number of nitrogens with zero attached hydrogens (tertiary/aromatic N) is 1. The highest BCUT2D eigenvalue weighted by atomic mass is 79.9. The number of likely N-dealkylation sites (tertiary alicyclic amines) is 1. The number of thiol groups is 1. The molecule has 0 aliphatic carbocycles. The van der Waals surface area contributed by atoms with Crippen LogP contribution >= 0.6 is 28.6 Å². The van der Waals surface area contributed by atoms with E-state index in [4.69, 9.17) is 0 Å². The van der Waals surface area contributed by atoms with E-state index < -0.39 is 0 Å². The summed E-state index contributed by atoms with van der Waals surface area (Å²) in [6, 6.07) is 5.60. The molecule has 0 atom stereocenters. The Labute approximate surface area is 129 Å². The van der Waals surface area contributed by atoms with E-state index in [9.17, 15) is 4.79 Å². The molecule has 0 radical (unpaired) electrons. The molecule has 1 fully saturated rings. The molecule has 19 heavy (non-hydrogen) atoms. The van der Waals surface area contributed by atoms with Crippen molar-refractivity contribution in [3.05, 3.63) is 28.2 Å². The average molecular weight is 342 g/mol. The van der Waals surface area contributed by atoms with Crippen LogP contribution in [0, 0.1) is 5.41 Å². The van der Waals surface area contributed by atoms with E-state index in [2.05, 4.69) is 42.4 Å². The van der Waals surface area contributed by atoms with Gasteiger partial charge in [-0.25, -0.2) is 0 Å². The van der Waals surface area contributed by atoms with E-state index in [0.717, 1.165) is 35.3 Å². The first kappa shape index (κ1) is 14.9. The zero-order chi connectivity index (χ0) is 14.0. The quantitative estimate of drug-likeness (QED) is 0.791. The van der Waals surface area contributed by atoms with Crippen LogP contribution in [0.15, 0.2) is 27.6 Å². The molecule has 1 amide bonds. The largest absolute Gasteiger partial charge is 0.339 e. The molecule has 0 N–H and O–H groups in total. The Bertz CT molecular complexity index is 481. The molecule has 4 heteroatoms. The minimum Gasteiger partial charge on any atom is -0.339 e. The van der Waals surface area contributed by atoms with Crippen molar-refractivity contribution >= 4 is 34.5 Å². The molecule has 1 heterocycles. The third kappa shape index (κ3) is 3.34. The van der Waals surface area contributed by atoms with Crippen LogP contribution in [0.3, 0.4) is 0 Å². The van der Waals surface area contributed by atoms with Gasteiger partial charge in [-0.2, -0.15) is 0 Å². The Kier molecular flexibility index (Phi) is 4.62. The summed E-state index contributed by atoms with van der Waals surface area (Å²) in [6.45, 7) is 6.26. The Balaban J connectivity index is 2.11. The first-order valence-corrected chi connectivity index (χ1v) is 7.97. The monoisotopic (exact) mass is 341 g/mol. The maximum absolute atomic E-state index is 12.5. The number of carbonyl (C=O) groups excluding carboxylic acids is 1. The fraction of sp³-hybridized carbons (Fsp3) is 0.533. The fourth-order valence-electron chi connectivity index (χ4n) is 2.45. The van der Waals surface area contributed by atoms with Gasteiger partial charge in [0, 0.05) is 22.5 Å². The molecule has 104 valence electrons. The molecule has 1 aromatic rings. The SMILES string of the molecule is CCC1(C)CCN(C(=O)c2cc(S)ccc2Br)CC1. The van der Waals surface area contributed by atoms with Crippen molar-refractivity contribution in [1.82, 2.24) is 4.90 Å². The number of halogens is 1. The Morgan fingerprint density at radius 1 is 1.42 bits per heavy atom. The molecule has 0 saturated carbocycles. The molecule has 1 saturated heterocycles.